The Balaban J connectivity index is 2.29. The van der Waals surface area contributed by atoms with Gasteiger partial charge in [-0.3, -0.25) is 0 Å². The Labute approximate surface area is 124 Å². The van der Waals surface area contributed by atoms with Gasteiger partial charge in [-0.25, -0.2) is 9.97 Å². The zero-order valence-corrected chi connectivity index (χ0v) is 13.6. The normalized spacial score (nSPS) is 12.4. The van der Waals surface area contributed by atoms with Crippen molar-refractivity contribution in [3.8, 4) is 0 Å². The van der Waals surface area contributed by atoms with E-state index in [-0.39, 0.29) is 6.04 Å². The van der Waals surface area contributed by atoms with E-state index in [0.29, 0.717) is 5.82 Å². The van der Waals surface area contributed by atoms with E-state index in [4.69, 9.17) is 5.73 Å². The molecule has 0 saturated carbocycles. The average molecular weight is 290 g/mol. The standard InChI is InChI=1S/C15H22N4S/c1-6-13-18-14(16)9(3)15(19-13)17-10(4)12-7-8(2)20-11(12)5/h7,10H,6H2,1-5H3,(H3,16,17,18,19). The molecule has 108 valence electrons. The zero-order valence-electron chi connectivity index (χ0n) is 12.7. The number of thiophene rings is 1. The van der Waals surface area contributed by atoms with Crippen LogP contribution in [0, 0.1) is 20.8 Å². The summed E-state index contributed by atoms with van der Waals surface area (Å²) in [5, 5.41) is 3.47. The van der Waals surface area contributed by atoms with Crippen molar-refractivity contribution >= 4 is 23.0 Å². The van der Waals surface area contributed by atoms with E-state index in [2.05, 4.69) is 42.1 Å². The number of nitrogen functional groups attached to an aromatic ring is 1. The molecule has 20 heavy (non-hydrogen) atoms. The van der Waals surface area contributed by atoms with Crippen LogP contribution in [0.15, 0.2) is 6.07 Å². The molecule has 0 saturated heterocycles. The Hall–Kier alpha value is -1.62. The lowest BCUT2D eigenvalue weighted by Gasteiger charge is -2.17. The highest BCUT2D eigenvalue weighted by Gasteiger charge is 2.14. The third-order valence-corrected chi connectivity index (χ3v) is 4.43. The lowest BCUT2D eigenvalue weighted by molar-refractivity contribution is 0.851. The van der Waals surface area contributed by atoms with Gasteiger partial charge in [0.05, 0.1) is 6.04 Å². The monoisotopic (exact) mass is 290 g/mol. The van der Waals surface area contributed by atoms with Crippen molar-refractivity contribution in [3.63, 3.8) is 0 Å². The molecule has 1 atom stereocenters. The number of nitrogens with zero attached hydrogens (tertiary/aromatic N) is 2. The first-order chi connectivity index (χ1) is 9.42. The molecule has 2 rings (SSSR count). The largest absolute Gasteiger partial charge is 0.383 e. The molecule has 5 heteroatoms. The molecule has 3 N–H and O–H groups in total. The smallest absolute Gasteiger partial charge is 0.135 e. The average Bonchev–Trinajstić information content (AvgIpc) is 2.73. The van der Waals surface area contributed by atoms with Crippen LogP contribution in [-0.4, -0.2) is 9.97 Å². The van der Waals surface area contributed by atoms with Crippen LogP contribution in [0.1, 0.15) is 46.6 Å². The molecule has 2 aromatic rings. The van der Waals surface area contributed by atoms with E-state index < -0.39 is 0 Å². The van der Waals surface area contributed by atoms with Crippen LogP contribution in [0.4, 0.5) is 11.6 Å². The Kier molecular flexibility index (Phi) is 4.28. The third-order valence-electron chi connectivity index (χ3n) is 3.45. The van der Waals surface area contributed by atoms with Crippen LogP contribution in [0.5, 0.6) is 0 Å². The molecule has 0 amide bonds. The molecule has 0 aromatic carbocycles. The van der Waals surface area contributed by atoms with Gasteiger partial charge in [0.2, 0.25) is 0 Å². The highest BCUT2D eigenvalue weighted by molar-refractivity contribution is 7.12. The number of hydrogen-bond acceptors (Lipinski definition) is 5. The Bertz CT molecular complexity index is 619. The van der Waals surface area contributed by atoms with Crippen molar-refractivity contribution in [2.75, 3.05) is 11.1 Å². The van der Waals surface area contributed by atoms with Crippen molar-refractivity contribution < 1.29 is 0 Å². The second-order valence-electron chi connectivity index (χ2n) is 5.09. The van der Waals surface area contributed by atoms with E-state index in [1.54, 1.807) is 0 Å². The van der Waals surface area contributed by atoms with E-state index >= 15 is 0 Å². The Morgan fingerprint density at radius 3 is 2.55 bits per heavy atom. The molecule has 0 fully saturated rings. The number of hydrogen-bond donors (Lipinski definition) is 2. The van der Waals surface area contributed by atoms with Crippen LogP contribution in [0.25, 0.3) is 0 Å². The molecule has 0 radical (unpaired) electrons. The summed E-state index contributed by atoms with van der Waals surface area (Å²) in [6.45, 7) is 10.4. The predicted molar refractivity (Wildman–Crippen MR) is 86.4 cm³/mol. The summed E-state index contributed by atoms with van der Waals surface area (Å²) < 4.78 is 0. The van der Waals surface area contributed by atoms with Gasteiger partial charge in [0.25, 0.3) is 0 Å². The van der Waals surface area contributed by atoms with E-state index in [9.17, 15) is 0 Å². The summed E-state index contributed by atoms with van der Waals surface area (Å²) in [6, 6.07) is 2.44. The molecule has 2 heterocycles. The highest BCUT2D eigenvalue weighted by atomic mass is 32.1. The van der Waals surface area contributed by atoms with Gasteiger partial charge in [-0.05, 0) is 39.3 Å². The van der Waals surface area contributed by atoms with Gasteiger partial charge in [0, 0.05) is 21.7 Å². The van der Waals surface area contributed by atoms with Crippen LogP contribution in [-0.2, 0) is 6.42 Å². The molecular weight excluding hydrogens is 268 g/mol. The maximum atomic E-state index is 5.96. The summed E-state index contributed by atoms with van der Waals surface area (Å²) in [6.07, 6.45) is 0.782. The van der Waals surface area contributed by atoms with Gasteiger partial charge in [-0.1, -0.05) is 6.92 Å². The highest BCUT2D eigenvalue weighted by Crippen LogP contribution is 2.29. The molecule has 0 aliphatic rings. The minimum atomic E-state index is 0.206. The summed E-state index contributed by atoms with van der Waals surface area (Å²) in [4.78, 5) is 11.5. The zero-order chi connectivity index (χ0) is 14.9. The maximum absolute atomic E-state index is 5.96. The molecule has 0 aliphatic carbocycles. The van der Waals surface area contributed by atoms with E-state index in [1.165, 1.54) is 15.3 Å². The van der Waals surface area contributed by atoms with Crippen LogP contribution in [0.3, 0.4) is 0 Å². The van der Waals surface area contributed by atoms with Gasteiger partial charge in [-0.15, -0.1) is 11.3 Å². The quantitative estimate of drug-likeness (QED) is 0.899. The Morgan fingerprint density at radius 1 is 1.30 bits per heavy atom. The van der Waals surface area contributed by atoms with E-state index in [1.807, 2.05) is 25.2 Å². The summed E-state index contributed by atoms with van der Waals surface area (Å²) in [5.41, 5.74) is 8.19. The maximum Gasteiger partial charge on any atom is 0.135 e. The molecular formula is C15H22N4S. The fourth-order valence-electron chi connectivity index (χ4n) is 2.24. The number of aromatic nitrogens is 2. The molecule has 2 aromatic heterocycles. The minimum absolute atomic E-state index is 0.206. The topological polar surface area (TPSA) is 63.8 Å². The third kappa shape index (κ3) is 2.93. The van der Waals surface area contributed by atoms with Crippen molar-refractivity contribution in [1.82, 2.24) is 9.97 Å². The van der Waals surface area contributed by atoms with Crippen LogP contribution < -0.4 is 11.1 Å². The number of aryl methyl sites for hydroxylation is 3. The SMILES string of the molecule is CCc1nc(N)c(C)c(NC(C)c2cc(C)sc2C)n1. The molecule has 0 aliphatic heterocycles. The lowest BCUT2D eigenvalue weighted by Crippen LogP contribution is -2.12. The van der Waals surface area contributed by atoms with Crippen molar-refractivity contribution in [3.05, 3.63) is 32.8 Å². The van der Waals surface area contributed by atoms with Crippen LogP contribution >= 0.6 is 11.3 Å². The Morgan fingerprint density at radius 2 is 2.00 bits per heavy atom. The van der Waals surface area contributed by atoms with Gasteiger partial charge in [0.15, 0.2) is 0 Å². The molecule has 0 spiro atoms. The first kappa shape index (κ1) is 14.8. The van der Waals surface area contributed by atoms with Crippen molar-refractivity contribution in [2.45, 2.75) is 47.1 Å². The van der Waals surface area contributed by atoms with Crippen LogP contribution in [0.2, 0.25) is 0 Å². The fraction of sp³-hybridized carbons (Fsp3) is 0.467. The molecule has 4 nitrogen and oxygen atoms in total. The van der Waals surface area contributed by atoms with Gasteiger partial charge in [0.1, 0.15) is 17.5 Å². The first-order valence-corrected chi connectivity index (χ1v) is 7.70. The number of nitrogens with one attached hydrogen (secondary N) is 1. The van der Waals surface area contributed by atoms with E-state index in [0.717, 1.165) is 23.6 Å². The van der Waals surface area contributed by atoms with Gasteiger partial charge < -0.3 is 11.1 Å². The number of nitrogens with two attached hydrogens (primary N) is 1. The van der Waals surface area contributed by atoms with Crippen molar-refractivity contribution in [2.24, 2.45) is 0 Å². The molecule has 1 unspecified atom stereocenters. The lowest BCUT2D eigenvalue weighted by atomic mass is 10.1. The van der Waals surface area contributed by atoms with Gasteiger partial charge >= 0.3 is 0 Å². The van der Waals surface area contributed by atoms with Crippen molar-refractivity contribution in [1.29, 1.82) is 0 Å². The summed E-state index contributed by atoms with van der Waals surface area (Å²) >= 11 is 1.83. The predicted octanol–water partition coefficient (Wildman–Crippen LogP) is 3.78. The fourth-order valence-corrected chi connectivity index (χ4v) is 3.27. The van der Waals surface area contributed by atoms with Gasteiger partial charge in [-0.2, -0.15) is 0 Å². The minimum Gasteiger partial charge on any atom is -0.383 e. The second kappa shape index (κ2) is 5.79. The number of rotatable bonds is 4. The number of anilines is 2. The summed E-state index contributed by atoms with van der Waals surface area (Å²) in [5.74, 6) is 2.18. The molecule has 0 bridgehead atoms. The summed E-state index contributed by atoms with van der Waals surface area (Å²) in [7, 11) is 0. The first-order valence-electron chi connectivity index (χ1n) is 6.88. The second-order valence-corrected chi connectivity index (χ2v) is 6.55.